The van der Waals surface area contributed by atoms with Crippen LogP contribution in [0.15, 0.2) is 16.9 Å². The largest absolute Gasteiger partial charge is 0.430 e. The van der Waals surface area contributed by atoms with Crippen LogP contribution < -0.4 is 5.48 Å². The number of hydrogen-bond acceptors (Lipinski definition) is 5. The second kappa shape index (κ2) is 2.71. The molecule has 0 spiro atoms. The quantitative estimate of drug-likeness (QED) is 0.464. The number of hydrogen-bond donors (Lipinski definition) is 1. The van der Waals surface area contributed by atoms with Gasteiger partial charge in [0.25, 0.3) is 0 Å². The van der Waals surface area contributed by atoms with E-state index >= 15 is 0 Å². The molecule has 5 heteroatoms. The molecule has 0 aliphatic rings. The fourth-order valence-electron chi connectivity index (χ4n) is 0.348. The number of nitrogens with zero attached hydrogens (tertiary/aromatic N) is 1. The molecule has 0 bridgehead atoms. The van der Waals surface area contributed by atoms with E-state index in [-0.39, 0.29) is 12.5 Å². The summed E-state index contributed by atoms with van der Waals surface area (Å²) in [6.07, 6.45) is 2.78. The van der Waals surface area contributed by atoms with Gasteiger partial charge in [-0.05, 0) is 0 Å². The van der Waals surface area contributed by atoms with Crippen LogP contribution in [0.3, 0.4) is 0 Å². The van der Waals surface area contributed by atoms with Crippen molar-refractivity contribution in [2.24, 2.45) is 0 Å². The minimum Gasteiger partial charge on any atom is -0.430 e. The molecule has 0 amide bonds. The molecule has 1 N–H and O–H groups in total. The topological polar surface area (TPSA) is 64.4 Å². The van der Waals surface area contributed by atoms with Crippen LogP contribution >= 0.6 is 0 Å². The van der Waals surface area contributed by atoms with E-state index in [4.69, 9.17) is 0 Å². The predicted molar refractivity (Wildman–Crippen MR) is 27.3 cm³/mol. The van der Waals surface area contributed by atoms with Crippen LogP contribution in [-0.4, -0.2) is 11.5 Å². The Kier molecular flexibility index (Phi) is 1.69. The van der Waals surface area contributed by atoms with Gasteiger partial charge in [-0.25, -0.2) is 0 Å². The lowest BCUT2D eigenvalue weighted by Gasteiger charge is -1.91. The highest BCUT2D eigenvalue weighted by molar-refractivity contribution is 5.39. The normalized spacial score (nSPS) is 8.44. The van der Waals surface area contributed by atoms with Crippen molar-refractivity contribution in [2.75, 3.05) is 5.48 Å². The first-order chi connectivity index (χ1) is 4.43. The smallest absolute Gasteiger partial charge is 0.328 e. The monoisotopic (exact) mass is 128 g/mol. The van der Waals surface area contributed by atoms with Crippen molar-refractivity contribution in [3.63, 3.8) is 0 Å². The summed E-state index contributed by atoms with van der Waals surface area (Å²) in [5.74, 6) is 0. The van der Waals surface area contributed by atoms with Gasteiger partial charge in [0, 0.05) is 0 Å². The van der Waals surface area contributed by atoms with E-state index in [0.29, 0.717) is 0 Å². The molecule has 1 aromatic heterocycles. The zero-order valence-electron chi connectivity index (χ0n) is 4.40. The zero-order chi connectivity index (χ0) is 6.53. The van der Waals surface area contributed by atoms with Gasteiger partial charge in [0.1, 0.15) is 6.26 Å². The van der Waals surface area contributed by atoms with E-state index in [2.05, 4.69) is 19.7 Å². The SMILES string of the molecule is O=CONc1ncco1. The van der Waals surface area contributed by atoms with Gasteiger partial charge in [0.15, 0.2) is 0 Å². The van der Waals surface area contributed by atoms with E-state index in [1.54, 1.807) is 0 Å². The first kappa shape index (κ1) is 5.61. The highest BCUT2D eigenvalue weighted by Gasteiger charge is 1.91. The van der Waals surface area contributed by atoms with Gasteiger partial charge in [-0.2, -0.15) is 10.5 Å². The van der Waals surface area contributed by atoms with Crippen LogP contribution in [-0.2, 0) is 9.63 Å². The fraction of sp³-hybridized carbons (Fsp3) is 0. The summed E-state index contributed by atoms with van der Waals surface area (Å²) in [5, 5.41) is 0. The first-order valence-electron chi connectivity index (χ1n) is 2.18. The number of oxazole rings is 1. The molecule has 0 fully saturated rings. The van der Waals surface area contributed by atoms with Crippen LogP contribution in [0.5, 0.6) is 0 Å². The molecule has 48 valence electrons. The molecule has 9 heavy (non-hydrogen) atoms. The molecule has 1 aromatic rings. The van der Waals surface area contributed by atoms with E-state index in [1.807, 2.05) is 0 Å². The van der Waals surface area contributed by atoms with Crippen molar-refractivity contribution < 1.29 is 14.0 Å². The van der Waals surface area contributed by atoms with E-state index in [1.165, 1.54) is 12.5 Å². The van der Waals surface area contributed by atoms with Crippen LogP contribution in [0.2, 0.25) is 0 Å². The van der Waals surface area contributed by atoms with Crippen LogP contribution in [0.4, 0.5) is 6.01 Å². The Morgan fingerprint density at radius 3 is 3.33 bits per heavy atom. The van der Waals surface area contributed by atoms with Crippen molar-refractivity contribution in [1.82, 2.24) is 4.98 Å². The predicted octanol–water partition coefficient (Wildman–Crippen LogP) is 0.174. The van der Waals surface area contributed by atoms with Gasteiger partial charge in [-0.1, -0.05) is 0 Å². The lowest BCUT2D eigenvalue weighted by Crippen LogP contribution is -1.97. The minimum atomic E-state index is 0.155. The summed E-state index contributed by atoms with van der Waals surface area (Å²) >= 11 is 0. The van der Waals surface area contributed by atoms with Crippen molar-refractivity contribution >= 4 is 12.5 Å². The number of aromatic nitrogens is 1. The Hall–Kier alpha value is -1.52. The number of rotatable bonds is 3. The van der Waals surface area contributed by atoms with E-state index in [0.717, 1.165) is 0 Å². The molecule has 0 aromatic carbocycles. The van der Waals surface area contributed by atoms with Gasteiger partial charge < -0.3 is 9.25 Å². The molecule has 1 heterocycles. The standard InChI is InChI=1S/C4H4N2O3/c7-3-9-6-4-5-1-2-8-4/h1-3H,(H,5,6). The summed E-state index contributed by atoms with van der Waals surface area (Å²) < 4.78 is 4.63. The van der Waals surface area contributed by atoms with Gasteiger partial charge in [0.05, 0.1) is 6.20 Å². The Labute approximate surface area is 50.6 Å². The second-order valence-electron chi connectivity index (χ2n) is 1.15. The van der Waals surface area contributed by atoms with Gasteiger partial charge in [-0.3, -0.25) is 4.79 Å². The van der Waals surface area contributed by atoms with Crippen molar-refractivity contribution in [3.05, 3.63) is 12.5 Å². The Balaban J connectivity index is 2.38. The Morgan fingerprint density at radius 2 is 2.78 bits per heavy atom. The molecule has 5 nitrogen and oxygen atoms in total. The molecule has 0 radical (unpaired) electrons. The minimum absolute atomic E-state index is 0.155. The molecule has 0 saturated carbocycles. The lowest BCUT2D eigenvalue weighted by atomic mass is 11.0. The molecule has 0 aliphatic heterocycles. The molecule has 0 saturated heterocycles. The third-order valence-corrected chi connectivity index (χ3v) is 0.627. The molecule has 0 unspecified atom stereocenters. The van der Waals surface area contributed by atoms with Crippen LogP contribution in [0.25, 0.3) is 0 Å². The van der Waals surface area contributed by atoms with Gasteiger partial charge >= 0.3 is 12.5 Å². The summed E-state index contributed by atoms with van der Waals surface area (Å²) in [5.41, 5.74) is 2.13. The van der Waals surface area contributed by atoms with Crippen LogP contribution in [0.1, 0.15) is 0 Å². The maximum atomic E-state index is 9.55. The van der Waals surface area contributed by atoms with Crippen molar-refractivity contribution in [1.29, 1.82) is 0 Å². The van der Waals surface area contributed by atoms with Crippen molar-refractivity contribution in [2.45, 2.75) is 0 Å². The first-order valence-corrected chi connectivity index (χ1v) is 2.18. The molecule has 0 atom stereocenters. The van der Waals surface area contributed by atoms with Crippen molar-refractivity contribution in [3.8, 4) is 0 Å². The highest BCUT2D eigenvalue weighted by atomic mass is 16.7. The summed E-state index contributed by atoms with van der Waals surface area (Å²) in [6, 6.07) is 0.155. The Bertz CT molecular complexity index is 172. The number of anilines is 1. The lowest BCUT2D eigenvalue weighted by molar-refractivity contribution is -0.126. The van der Waals surface area contributed by atoms with Gasteiger partial charge in [-0.15, -0.1) is 0 Å². The maximum Gasteiger partial charge on any atom is 0.328 e. The zero-order valence-corrected chi connectivity index (χ0v) is 4.40. The number of carbonyl (C=O) groups is 1. The van der Waals surface area contributed by atoms with E-state index in [9.17, 15) is 4.79 Å². The highest BCUT2D eigenvalue weighted by Crippen LogP contribution is 1.98. The third-order valence-electron chi connectivity index (χ3n) is 0.627. The molecule has 0 aliphatic carbocycles. The average molecular weight is 128 g/mol. The second-order valence-corrected chi connectivity index (χ2v) is 1.15. The summed E-state index contributed by atoms with van der Waals surface area (Å²) in [7, 11) is 0. The number of carbonyl (C=O) groups excluding carboxylic acids is 1. The molecular weight excluding hydrogens is 124 g/mol. The molecular formula is C4H4N2O3. The number of nitrogens with one attached hydrogen (secondary N) is 1. The molecule has 1 rings (SSSR count). The summed E-state index contributed by atoms with van der Waals surface area (Å²) in [4.78, 5) is 17.2. The fourth-order valence-corrected chi connectivity index (χ4v) is 0.348. The maximum absolute atomic E-state index is 9.55. The Morgan fingerprint density at radius 1 is 1.89 bits per heavy atom. The van der Waals surface area contributed by atoms with Gasteiger partial charge in [0.2, 0.25) is 0 Å². The average Bonchev–Trinajstić information content (AvgIpc) is 2.34. The van der Waals surface area contributed by atoms with Crippen LogP contribution in [0, 0.1) is 0 Å². The summed E-state index contributed by atoms with van der Waals surface area (Å²) in [6.45, 7) is 0.240. The van der Waals surface area contributed by atoms with E-state index < -0.39 is 0 Å². The third kappa shape index (κ3) is 1.45.